The SMILES string of the molecule is O=C(CNC1CC1)Nc1ccc(C(=O)O)nc1. The molecule has 0 spiro atoms. The molecule has 1 saturated carbocycles. The number of hydrogen-bond acceptors (Lipinski definition) is 4. The van der Waals surface area contributed by atoms with Gasteiger partial charge in [-0.25, -0.2) is 9.78 Å². The molecule has 1 aliphatic carbocycles. The Balaban J connectivity index is 1.84. The summed E-state index contributed by atoms with van der Waals surface area (Å²) in [5, 5.41) is 14.4. The smallest absolute Gasteiger partial charge is 0.354 e. The van der Waals surface area contributed by atoms with Gasteiger partial charge in [0, 0.05) is 6.04 Å². The van der Waals surface area contributed by atoms with Crippen LogP contribution in [-0.2, 0) is 4.79 Å². The molecular formula is C11H13N3O3. The van der Waals surface area contributed by atoms with E-state index in [0.29, 0.717) is 11.7 Å². The van der Waals surface area contributed by atoms with Crippen molar-refractivity contribution in [2.75, 3.05) is 11.9 Å². The van der Waals surface area contributed by atoms with Gasteiger partial charge in [-0.15, -0.1) is 0 Å². The van der Waals surface area contributed by atoms with Crippen molar-refractivity contribution in [3.63, 3.8) is 0 Å². The van der Waals surface area contributed by atoms with Crippen molar-refractivity contribution in [2.45, 2.75) is 18.9 Å². The number of rotatable bonds is 5. The van der Waals surface area contributed by atoms with Gasteiger partial charge in [0.05, 0.1) is 18.4 Å². The molecule has 0 saturated heterocycles. The van der Waals surface area contributed by atoms with Crippen molar-refractivity contribution in [1.82, 2.24) is 10.3 Å². The predicted octanol–water partition coefficient (Wildman–Crippen LogP) is 0.470. The van der Waals surface area contributed by atoms with Crippen molar-refractivity contribution >= 4 is 17.6 Å². The van der Waals surface area contributed by atoms with Crippen LogP contribution in [0, 0.1) is 0 Å². The summed E-state index contributed by atoms with van der Waals surface area (Å²) in [6.45, 7) is 0.269. The van der Waals surface area contributed by atoms with Crippen LogP contribution >= 0.6 is 0 Å². The summed E-state index contributed by atoms with van der Waals surface area (Å²) in [5.74, 6) is -1.24. The van der Waals surface area contributed by atoms with Crippen molar-refractivity contribution in [3.05, 3.63) is 24.0 Å². The van der Waals surface area contributed by atoms with Gasteiger partial charge in [-0.05, 0) is 25.0 Å². The predicted molar refractivity (Wildman–Crippen MR) is 60.9 cm³/mol. The first kappa shape index (κ1) is 11.5. The Kier molecular flexibility index (Phi) is 3.34. The fourth-order valence-corrected chi connectivity index (χ4v) is 1.32. The van der Waals surface area contributed by atoms with E-state index in [9.17, 15) is 9.59 Å². The van der Waals surface area contributed by atoms with E-state index in [1.54, 1.807) is 0 Å². The average Bonchev–Trinajstić information content (AvgIpc) is 3.11. The molecule has 0 radical (unpaired) electrons. The largest absolute Gasteiger partial charge is 0.477 e. The molecule has 0 aliphatic heterocycles. The quantitative estimate of drug-likeness (QED) is 0.690. The third-order valence-electron chi connectivity index (χ3n) is 2.40. The van der Waals surface area contributed by atoms with E-state index in [1.165, 1.54) is 18.3 Å². The van der Waals surface area contributed by atoms with E-state index in [-0.39, 0.29) is 18.1 Å². The number of carboxylic acids is 1. The second-order valence-electron chi connectivity index (χ2n) is 3.94. The van der Waals surface area contributed by atoms with E-state index in [0.717, 1.165) is 12.8 Å². The Labute approximate surface area is 98.1 Å². The topological polar surface area (TPSA) is 91.3 Å². The highest BCUT2D eigenvalue weighted by atomic mass is 16.4. The summed E-state index contributed by atoms with van der Waals surface area (Å²) >= 11 is 0. The van der Waals surface area contributed by atoms with Crippen LogP contribution in [0.5, 0.6) is 0 Å². The highest BCUT2D eigenvalue weighted by Crippen LogP contribution is 2.18. The van der Waals surface area contributed by atoms with Gasteiger partial charge in [0.1, 0.15) is 5.69 Å². The molecule has 6 heteroatoms. The highest BCUT2D eigenvalue weighted by molar-refractivity contribution is 5.92. The number of anilines is 1. The molecule has 1 fully saturated rings. The zero-order chi connectivity index (χ0) is 12.3. The zero-order valence-corrected chi connectivity index (χ0v) is 9.14. The maximum absolute atomic E-state index is 11.4. The number of nitrogens with zero attached hydrogens (tertiary/aromatic N) is 1. The Morgan fingerprint density at radius 2 is 2.18 bits per heavy atom. The molecule has 0 atom stereocenters. The monoisotopic (exact) mass is 235 g/mol. The van der Waals surface area contributed by atoms with Crippen LogP contribution in [0.2, 0.25) is 0 Å². The van der Waals surface area contributed by atoms with Gasteiger partial charge >= 0.3 is 5.97 Å². The average molecular weight is 235 g/mol. The minimum Gasteiger partial charge on any atom is -0.477 e. The number of carboxylic acid groups (broad SMARTS) is 1. The number of aromatic carboxylic acids is 1. The molecule has 1 aromatic heterocycles. The third kappa shape index (κ3) is 3.53. The molecule has 1 amide bonds. The molecule has 17 heavy (non-hydrogen) atoms. The fraction of sp³-hybridized carbons (Fsp3) is 0.364. The van der Waals surface area contributed by atoms with Crippen LogP contribution in [0.1, 0.15) is 23.3 Å². The van der Waals surface area contributed by atoms with Gasteiger partial charge < -0.3 is 15.7 Å². The van der Waals surface area contributed by atoms with Crippen LogP contribution in [0.3, 0.4) is 0 Å². The van der Waals surface area contributed by atoms with Crippen molar-refractivity contribution in [1.29, 1.82) is 0 Å². The van der Waals surface area contributed by atoms with Gasteiger partial charge in [0.15, 0.2) is 0 Å². The third-order valence-corrected chi connectivity index (χ3v) is 2.40. The van der Waals surface area contributed by atoms with Gasteiger partial charge in [-0.2, -0.15) is 0 Å². The lowest BCUT2D eigenvalue weighted by molar-refractivity contribution is -0.115. The standard InChI is InChI=1S/C11H13N3O3/c15-10(6-12-7-1-2-7)14-8-3-4-9(11(16)17)13-5-8/h3-5,7,12H,1-2,6H2,(H,14,15)(H,16,17). The molecule has 90 valence electrons. The first-order valence-corrected chi connectivity index (χ1v) is 5.38. The normalized spacial score (nSPS) is 14.4. The summed E-state index contributed by atoms with van der Waals surface area (Å²) in [6.07, 6.45) is 3.59. The van der Waals surface area contributed by atoms with E-state index in [4.69, 9.17) is 5.11 Å². The molecule has 3 N–H and O–H groups in total. The molecule has 0 bridgehead atoms. The lowest BCUT2D eigenvalue weighted by Gasteiger charge is -2.05. The number of nitrogens with one attached hydrogen (secondary N) is 2. The van der Waals surface area contributed by atoms with E-state index >= 15 is 0 Å². The molecular weight excluding hydrogens is 222 g/mol. The maximum Gasteiger partial charge on any atom is 0.354 e. The number of aromatic nitrogens is 1. The molecule has 0 aromatic carbocycles. The number of amides is 1. The number of carbonyl (C=O) groups excluding carboxylic acids is 1. The first-order valence-electron chi connectivity index (χ1n) is 5.38. The van der Waals surface area contributed by atoms with Crippen LogP contribution < -0.4 is 10.6 Å². The number of carbonyl (C=O) groups is 2. The van der Waals surface area contributed by atoms with Gasteiger partial charge in [0.25, 0.3) is 0 Å². The van der Waals surface area contributed by atoms with Crippen LogP contribution in [0.15, 0.2) is 18.3 Å². The minimum absolute atomic E-state index is 0.0425. The number of hydrogen-bond donors (Lipinski definition) is 3. The fourth-order valence-electron chi connectivity index (χ4n) is 1.32. The summed E-state index contributed by atoms with van der Waals surface area (Å²) < 4.78 is 0. The van der Waals surface area contributed by atoms with Crippen LogP contribution in [0.25, 0.3) is 0 Å². The Bertz CT molecular complexity index is 426. The molecule has 6 nitrogen and oxygen atoms in total. The maximum atomic E-state index is 11.4. The van der Waals surface area contributed by atoms with E-state index in [2.05, 4.69) is 15.6 Å². The lowest BCUT2D eigenvalue weighted by atomic mass is 10.3. The number of pyridine rings is 1. The lowest BCUT2D eigenvalue weighted by Crippen LogP contribution is -2.29. The van der Waals surface area contributed by atoms with Crippen LogP contribution in [0.4, 0.5) is 5.69 Å². The van der Waals surface area contributed by atoms with Gasteiger partial charge in [-0.3, -0.25) is 4.79 Å². The van der Waals surface area contributed by atoms with Crippen molar-refractivity contribution < 1.29 is 14.7 Å². The Morgan fingerprint density at radius 3 is 2.71 bits per heavy atom. The summed E-state index contributed by atoms with van der Waals surface area (Å²) in [7, 11) is 0. The second-order valence-corrected chi connectivity index (χ2v) is 3.94. The molecule has 1 heterocycles. The van der Waals surface area contributed by atoms with Gasteiger partial charge in [-0.1, -0.05) is 0 Å². The van der Waals surface area contributed by atoms with E-state index < -0.39 is 5.97 Å². The molecule has 1 aliphatic rings. The summed E-state index contributed by atoms with van der Waals surface area (Å²) in [6, 6.07) is 3.35. The zero-order valence-electron chi connectivity index (χ0n) is 9.14. The Hall–Kier alpha value is -1.95. The molecule has 1 aromatic rings. The summed E-state index contributed by atoms with van der Waals surface area (Å²) in [4.78, 5) is 25.7. The van der Waals surface area contributed by atoms with Gasteiger partial charge in [0.2, 0.25) is 5.91 Å². The summed E-state index contributed by atoms with van der Waals surface area (Å²) in [5.41, 5.74) is 0.455. The Morgan fingerprint density at radius 1 is 1.41 bits per heavy atom. The first-order chi connectivity index (χ1) is 8.15. The molecule has 0 unspecified atom stereocenters. The van der Waals surface area contributed by atoms with Crippen molar-refractivity contribution in [3.8, 4) is 0 Å². The highest BCUT2D eigenvalue weighted by Gasteiger charge is 2.21. The second kappa shape index (κ2) is 4.92. The minimum atomic E-state index is -1.08. The molecule has 2 rings (SSSR count). The van der Waals surface area contributed by atoms with Crippen molar-refractivity contribution in [2.24, 2.45) is 0 Å². The van der Waals surface area contributed by atoms with E-state index in [1.807, 2.05) is 0 Å². The van der Waals surface area contributed by atoms with Crippen LogP contribution in [-0.4, -0.2) is 34.6 Å².